The summed E-state index contributed by atoms with van der Waals surface area (Å²) in [6.45, 7) is -3.35. The Morgan fingerprint density at radius 3 is 2.78 bits per heavy atom. The molecular weight excluding hydrogens is 273 g/mol. The first kappa shape index (κ1) is 16.5. The summed E-state index contributed by atoms with van der Waals surface area (Å²) in [5.74, 6) is 0.420. The average Bonchev–Trinajstić information content (AvgIpc) is 2.78. The summed E-state index contributed by atoms with van der Waals surface area (Å²) in [4.78, 5) is 3.54. The van der Waals surface area contributed by atoms with E-state index in [1.54, 1.807) is 0 Å². The summed E-state index contributed by atoms with van der Waals surface area (Å²) >= 11 is 0. The smallest absolute Gasteiger partial charge is 0.492 e. The van der Waals surface area contributed by atoms with Crippen molar-refractivity contribution in [3.8, 4) is 5.75 Å². The molecule has 0 amide bonds. The van der Waals surface area contributed by atoms with Crippen molar-refractivity contribution in [2.75, 3.05) is 19.8 Å². The number of hydrogen-bond acceptors (Lipinski definition) is 3. The van der Waals surface area contributed by atoms with Gasteiger partial charge in [-0.3, -0.25) is 4.98 Å². The molecule has 0 aromatic carbocycles. The first-order valence-corrected chi connectivity index (χ1v) is 5.41. The predicted molar refractivity (Wildman–Crippen MR) is 57.4 cm³/mol. The van der Waals surface area contributed by atoms with E-state index < -0.39 is 12.4 Å². The topological polar surface area (TPSA) is 31.4 Å². The molecule has 0 N–H and O–H groups in total. The largest absolute Gasteiger partial charge is 1.00 e. The van der Waals surface area contributed by atoms with E-state index >= 15 is 0 Å². The summed E-state index contributed by atoms with van der Waals surface area (Å²) in [6, 6.07) is 0.989. The fourth-order valence-corrected chi connectivity index (χ4v) is 1.62. The number of aromatic nitrogens is 1. The Morgan fingerprint density at radius 2 is 2.17 bits per heavy atom. The van der Waals surface area contributed by atoms with Gasteiger partial charge in [0.2, 0.25) is 0 Å². The van der Waals surface area contributed by atoms with Crippen LogP contribution in [0.3, 0.4) is 0 Å². The van der Waals surface area contributed by atoms with Crippen molar-refractivity contribution < 1.29 is 73.8 Å². The molecule has 1 aromatic heterocycles. The predicted octanol–water partition coefficient (Wildman–Crippen LogP) is -1.44. The van der Waals surface area contributed by atoms with E-state index in [1.165, 1.54) is 6.20 Å². The minimum Gasteiger partial charge on any atom is -0.492 e. The van der Waals surface area contributed by atoms with Crippen LogP contribution in [0.25, 0.3) is 0 Å². The van der Waals surface area contributed by atoms with E-state index in [-0.39, 0.29) is 63.1 Å². The molecule has 1 fully saturated rings. The van der Waals surface area contributed by atoms with Crippen LogP contribution in [0.1, 0.15) is 6.42 Å². The van der Waals surface area contributed by atoms with Crippen LogP contribution in [0.2, 0.25) is 0 Å². The van der Waals surface area contributed by atoms with Crippen LogP contribution in [-0.4, -0.2) is 31.8 Å². The normalized spacial score (nSPS) is 19.4. The molecule has 0 aliphatic carbocycles. The molecule has 2 rings (SSSR count). The van der Waals surface area contributed by atoms with Crippen molar-refractivity contribution in [1.29, 1.82) is 0 Å². The van der Waals surface area contributed by atoms with Crippen LogP contribution in [0.4, 0.5) is 12.9 Å². The maximum atomic E-state index is 12.5. The molecule has 0 bridgehead atoms. The number of nitrogens with zero attached hydrogens (tertiary/aromatic N) is 1. The fourth-order valence-electron chi connectivity index (χ4n) is 1.62. The van der Waals surface area contributed by atoms with Gasteiger partial charge in [-0.2, -0.15) is 0 Å². The number of rotatable bonds is 4. The van der Waals surface area contributed by atoms with Crippen LogP contribution < -0.4 is 61.6 Å². The fraction of sp³-hybridized carbons (Fsp3) is 0.500. The van der Waals surface area contributed by atoms with E-state index in [2.05, 4.69) is 4.98 Å². The second kappa shape index (κ2) is 7.25. The minimum absolute atomic E-state index is 0. The van der Waals surface area contributed by atoms with Gasteiger partial charge in [-0.15, -0.1) is 0 Å². The molecule has 18 heavy (non-hydrogen) atoms. The maximum Gasteiger partial charge on any atom is 1.00 e. The van der Waals surface area contributed by atoms with Gasteiger partial charge in [-0.1, -0.05) is 5.46 Å². The van der Waals surface area contributed by atoms with Gasteiger partial charge in [0.1, 0.15) is 5.75 Å². The Labute approximate surface area is 146 Å². The Hall–Kier alpha value is 0.401. The zero-order valence-corrected chi connectivity index (χ0v) is 13.2. The van der Waals surface area contributed by atoms with E-state index in [1.807, 2.05) is 0 Å². The summed E-state index contributed by atoms with van der Waals surface area (Å²) in [5.41, 5.74) is -0.731. The van der Waals surface area contributed by atoms with Gasteiger partial charge in [0.25, 0.3) is 0 Å². The first-order chi connectivity index (χ1) is 8.05. The van der Waals surface area contributed by atoms with Gasteiger partial charge >= 0.3 is 58.4 Å². The number of ether oxygens (including phenoxy) is 2. The Bertz CT molecular complexity index is 386. The molecule has 3 nitrogen and oxygen atoms in total. The van der Waals surface area contributed by atoms with E-state index in [0.717, 1.165) is 18.7 Å². The zero-order valence-electron chi connectivity index (χ0n) is 10.1. The van der Waals surface area contributed by atoms with Crippen molar-refractivity contribution in [2.45, 2.75) is 6.42 Å². The second-order valence-corrected chi connectivity index (χ2v) is 4.07. The maximum absolute atomic E-state index is 12.5. The minimum atomic E-state index is -5.02. The molecule has 2 heterocycles. The summed E-state index contributed by atoms with van der Waals surface area (Å²) in [6.07, 6.45) is 2.99. The van der Waals surface area contributed by atoms with Gasteiger partial charge in [0.15, 0.2) is 0 Å². The van der Waals surface area contributed by atoms with Gasteiger partial charge in [0, 0.05) is 18.7 Å². The van der Waals surface area contributed by atoms with Crippen molar-refractivity contribution in [1.82, 2.24) is 4.98 Å². The molecule has 1 atom stereocenters. The van der Waals surface area contributed by atoms with Gasteiger partial charge in [-0.25, -0.2) is 0 Å². The number of hydrogen-bond donors (Lipinski definition) is 0. The quantitative estimate of drug-likeness (QED) is 0.635. The van der Waals surface area contributed by atoms with E-state index in [4.69, 9.17) is 9.47 Å². The van der Waals surface area contributed by atoms with Crippen LogP contribution in [0.5, 0.6) is 5.75 Å². The molecule has 8 heteroatoms. The molecule has 0 saturated carbocycles. The molecule has 1 saturated heterocycles. The van der Waals surface area contributed by atoms with E-state index in [9.17, 15) is 12.9 Å². The monoisotopic (exact) mass is 285 g/mol. The van der Waals surface area contributed by atoms with Crippen molar-refractivity contribution >= 4 is 12.4 Å². The van der Waals surface area contributed by atoms with Crippen LogP contribution >= 0.6 is 0 Å². The first-order valence-electron chi connectivity index (χ1n) is 5.41. The Morgan fingerprint density at radius 1 is 1.39 bits per heavy atom. The van der Waals surface area contributed by atoms with Crippen LogP contribution in [0.15, 0.2) is 18.5 Å². The van der Waals surface area contributed by atoms with Crippen LogP contribution in [-0.2, 0) is 4.74 Å². The Kier molecular flexibility index (Phi) is 6.63. The number of halogens is 3. The molecule has 94 valence electrons. The second-order valence-electron chi connectivity index (χ2n) is 4.07. The summed E-state index contributed by atoms with van der Waals surface area (Å²) in [5, 5.41) is 0. The molecule has 0 radical (unpaired) electrons. The molecule has 1 aliphatic heterocycles. The summed E-state index contributed by atoms with van der Waals surface area (Å²) in [7, 11) is 0. The average molecular weight is 285 g/mol. The van der Waals surface area contributed by atoms with E-state index in [0.29, 0.717) is 19.8 Å². The molecule has 1 aliphatic rings. The molecule has 1 unspecified atom stereocenters. The molecule has 1 aromatic rings. The molecule has 0 spiro atoms. The molecular formula is C10H12BF3KNO2. The zero-order chi connectivity index (χ0) is 12.3. The van der Waals surface area contributed by atoms with Crippen molar-refractivity contribution in [3.63, 3.8) is 0 Å². The van der Waals surface area contributed by atoms with Gasteiger partial charge < -0.3 is 22.4 Å². The third-order valence-electron chi connectivity index (χ3n) is 2.62. The van der Waals surface area contributed by atoms with Crippen LogP contribution in [0, 0.1) is 5.92 Å². The standard InChI is InChI=1S/C10H12BF3NO2.K/c12-11(13,14)9-3-10(5-15-4-9)17-7-8-1-2-16-6-8;/h3-5,8H,1-2,6-7H2;/q-1;+1. The Balaban J connectivity index is 0.00000162. The number of pyridine rings is 1. The third kappa shape index (κ3) is 4.82. The third-order valence-corrected chi connectivity index (χ3v) is 2.62. The van der Waals surface area contributed by atoms with Crippen molar-refractivity contribution in [2.24, 2.45) is 5.92 Å². The SMILES string of the molecule is F[B-](F)(F)c1cncc(OCC2CCOC2)c1.[K+]. The van der Waals surface area contributed by atoms with Gasteiger partial charge in [0.05, 0.1) is 19.4 Å². The van der Waals surface area contributed by atoms with Crippen molar-refractivity contribution in [3.05, 3.63) is 18.5 Å². The van der Waals surface area contributed by atoms with Gasteiger partial charge in [-0.05, 0) is 12.5 Å². The summed E-state index contributed by atoms with van der Waals surface area (Å²) < 4.78 is 47.8.